The lowest BCUT2D eigenvalue weighted by atomic mass is 9.77. The molecule has 1 aliphatic rings. The van der Waals surface area contributed by atoms with Gasteiger partial charge < -0.3 is 15.5 Å². The van der Waals surface area contributed by atoms with Crippen molar-refractivity contribution in [3.63, 3.8) is 0 Å². The zero-order chi connectivity index (χ0) is 8.32. The van der Waals surface area contributed by atoms with Crippen LogP contribution in [-0.2, 0) is 0 Å². The van der Waals surface area contributed by atoms with Gasteiger partial charge in [-0.2, -0.15) is 0 Å². The molecular weight excluding hydrogens is 142 g/mol. The summed E-state index contributed by atoms with van der Waals surface area (Å²) in [5.41, 5.74) is -0.0585. The number of aliphatic hydroxyl groups excluding tert-OH is 2. The monoisotopic (exact) mass is 159 g/mol. The van der Waals surface area contributed by atoms with E-state index < -0.39 is 0 Å². The van der Waals surface area contributed by atoms with Gasteiger partial charge in [-0.1, -0.05) is 0 Å². The molecule has 66 valence electrons. The predicted molar refractivity (Wildman–Crippen MR) is 43.4 cm³/mol. The molecule has 1 aliphatic carbocycles. The van der Waals surface area contributed by atoms with E-state index in [0.717, 1.165) is 12.8 Å². The molecule has 1 saturated carbocycles. The second-order valence-corrected chi connectivity index (χ2v) is 3.52. The van der Waals surface area contributed by atoms with Crippen molar-refractivity contribution in [2.45, 2.75) is 37.8 Å². The molecule has 3 heteroatoms. The van der Waals surface area contributed by atoms with E-state index in [-0.39, 0.29) is 18.2 Å². The van der Waals surface area contributed by atoms with E-state index >= 15 is 0 Å². The maximum atomic E-state index is 9.01. The summed E-state index contributed by atoms with van der Waals surface area (Å²) in [4.78, 5) is 0. The summed E-state index contributed by atoms with van der Waals surface area (Å²) in [6, 6.07) is 0. The number of rotatable bonds is 4. The molecule has 0 saturated heterocycles. The third-order valence-electron chi connectivity index (χ3n) is 2.39. The van der Waals surface area contributed by atoms with Crippen LogP contribution in [0.25, 0.3) is 0 Å². The third kappa shape index (κ3) is 2.15. The van der Waals surface area contributed by atoms with Crippen LogP contribution in [0.1, 0.15) is 26.2 Å². The van der Waals surface area contributed by atoms with E-state index in [1.807, 2.05) is 0 Å². The molecule has 0 aliphatic heterocycles. The fourth-order valence-corrected chi connectivity index (χ4v) is 1.36. The van der Waals surface area contributed by atoms with Gasteiger partial charge in [-0.15, -0.1) is 0 Å². The molecule has 3 N–H and O–H groups in total. The van der Waals surface area contributed by atoms with Crippen LogP contribution in [0.5, 0.6) is 0 Å². The largest absolute Gasteiger partial charge is 0.394 e. The molecule has 11 heavy (non-hydrogen) atoms. The van der Waals surface area contributed by atoms with Crippen LogP contribution in [-0.4, -0.2) is 35.0 Å². The Morgan fingerprint density at radius 3 is 2.45 bits per heavy atom. The Kier molecular flexibility index (Phi) is 2.87. The van der Waals surface area contributed by atoms with Gasteiger partial charge in [0.2, 0.25) is 0 Å². The quantitative estimate of drug-likeness (QED) is 0.535. The molecule has 0 aromatic rings. The number of hydrogen-bond acceptors (Lipinski definition) is 3. The van der Waals surface area contributed by atoms with Gasteiger partial charge in [0.15, 0.2) is 0 Å². The summed E-state index contributed by atoms with van der Waals surface area (Å²) in [5, 5.41) is 21.2. The minimum atomic E-state index is -0.320. The lowest BCUT2D eigenvalue weighted by Gasteiger charge is -2.41. The molecule has 0 radical (unpaired) electrons. The number of hydrogen-bond donors (Lipinski definition) is 3. The van der Waals surface area contributed by atoms with Gasteiger partial charge in [0.25, 0.3) is 0 Å². The Labute approximate surface area is 67.4 Å². The summed E-state index contributed by atoms with van der Waals surface area (Å²) in [6.45, 7) is 2.52. The fraction of sp³-hybridized carbons (Fsp3) is 1.00. The average molecular weight is 159 g/mol. The van der Waals surface area contributed by atoms with Gasteiger partial charge in [-0.05, 0) is 26.2 Å². The van der Waals surface area contributed by atoms with E-state index in [1.165, 1.54) is 6.42 Å². The van der Waals surface area contributed by atoms with Gasteiger partial charge in [0, 0.05) is 12.1 Å². The van der Waals surface area contributed by atoms with Crippen molar-refractivity contribution in [2.75, 3.05) is 13.2 Å². The van der Waals surface area contributed by atoms with Crippen LogP contribution >= 0.6 is 0 Å². The highest BCUT2D eigenvalue weighted by Crippen LogP contribution is 2.30. The minimum Gasteiger partial charge on any atom is -0.394 e. The second-order valence-electron chi connectivity index (χ2n) is 3.52. The van der Waals surface area contributed by atoms with Gasteiger partial charge in [0.05, 0.1) is 12.7 Å². The molecule has 3 nitrogen and oxygen atoms in total. The topological polar surface area (TPSA) is 52.5 Å². The fourth-order valence-electron chi connectivity index (χ4n) is 1.36. The molecule has 1 rings (SSSR count). The maximum Gasteiger partial charge on any atom is 0.0636 e. The zero-order valence-electron chi connectivity index (χ0n) is 7.01. The van der Waals surface area contributed by atoms with Crippen molar-refractivity contribution < 1.29 is 10.2 Å². The molecule has 0 bridgehead atoms. The molecule has 0 aromatic heterocycles. The van der Waals surface area contributed by atoms with Crippen molar-refractivity contribution >= 4 is 0 Å². The normalized spacial score (nSPS) is 24.3. The lowest BCUT2D eigenvalue weighted by Crippen LogP contribution is -2.55. The van der Waals surface area contributed by atoms with Crippen LogP contribution in [0.3, 0.4) is 0 Å². The summed E-state index contributed by atoms with van der Waals surface area (Å²) in [7, 11) is 0. The van der Waals surface area contributed by atoms with E-state index in [4.69, 9.17) is 10.2 Å². The van der Waals surface area contributed by atoms with Crippen molar-refractivity contribution in [1.29, 1.82) is 0 Å². The van der Waals surface area contributed by atoms with Gasteiger partial charge >= 0.3 is 0 Å². The first kappa shape index (κ1) is 8.97. The Bertz CT molecular complexity index is 116. The van der Waals surface area contributed by atoms with E-state index in [9.17, 15) is 0 Å². The van der Waals surface area contributed by atoms with Crippen molar-refractivity contribution in [3.05, 3.63) is 0 Å². The summed E-state index contributed by atoms with van der Waals surface area (Å²) < 4.78 is 0. The summed E-state index contributed by atoms with van der Waals surface area (Å²) in [6.07, 6.45) is 2.94. The van der Waals surface area contributed by atoms with Gasteiger partial charge in [-0.25, -0.2) is 0 Å². The molecule has 0 amide bonds. The Hall–Kier alpha value is -0.120. The average Bonchev–Trinajstić information content (AvgIpc) is 1.86. The number of nitrogens with one attached hydrogen (secondary N) is 1. The standard InChI is InChI=1S/C8H17NO2/c1-7(11)5-9-8(6-10)3-2-4-8/h7,9-11H,2-6H2,1H3. The lowest BCUT2D eigenvalue weighted by molar-refractivity contribution is 0.0723. The second kappa shape index (κ2) is 3.52. The van der Waals surface area contributed by atoms with Crippen molar-refractivity contribution in [1.82, 2.24) is 5.32 Å². The Morgan fingerprint density at radius 2 is 2.18 bits per heavy atom. The minimum absolute atomic E-state index is 0.0585. The molecule has 1 unspecified atom stereocenters. The van der Waals surface area contributed by atoms with Gasteiger partial charge in [0.1, 0.15) is 0 Å². The molecule has 0 aromatic carbocycles. The van der Waals surface area contributed by atoms with Crippen LogP contribution < -0.4 is 5.32 Å². The van der Waals surface area contributed by atoms with E-state index in [1.54, 1.807) is 6.92 Å². The van der Waals surface area contributed by atoms with Crippen LogP contribution in [0, 0.1) is 0 Å². The first-order valence-corrected chi connectivity index (χ1v) is 4.22. The number of aliphatic hydroxyl groups is 2. The van der Waals surface area contributed by atoms with Crippen molar-refractivity contribution in [2.24, 2.45) is 0 Å². The van der Waals surface area contributed by atoms with E-state index in [0.29, 0.717) is 6.54 Å². The SMILES string of the molecule is CC(O)CNC1(CO)CCC1. The predicted octanol–water partition coefficient (Wildman–Crippen LogP) is -0.128. The van der Waals surface area contributed by atoms with Crippen molar-refractivity contribution in [3.8, 4) is 0 Å². The van der Waals surface area contributed by atoms with Crippen LogP contribution in [0.4, 0.5) is 0 Å². The van der Waals surface area contributed by atoms with E-state index in [2.05, 4.69) is 5.32 Å². The molecular formula is C8H17NO2. The maximum absolute atomic E-state index is 9.01. The smallest absolute Gasteiger partial charge is 0.0636 e. The van der Waals surface area contributed by atoms with Crippen LogP contribution in [0.2, 0.25) is 0 Å². The number of β-amino-alcohol motifs (C(OH)–C–C–N with tert-alkyl or cyclic N) is 1. The molecule has 1 fully saturated rings. The van der Waals surface area contributed by atoms with Crippen LogP contribution in [0.15, 0.2) is 0 Å². The Balaban J connectivity index is 2.22. The highest BCUT2D eigenvalue weighted by molar-refractivity contribution is 4.95. The highest BCUT2D eigenvalue weighted by atomic mass is 16.3. The first-order valence-electron chi connectivity index (χ1n) is 4.22. The van der Waals surface area contributed by atoms with Gasteiger partial charge in [-0.3, -0.25) is 0 Å². The highest BCUT2D eigenvalue weighted by Gasteiger charge is 2.35. The zero-order valence-corrected chi connectivity index (χ0v) is 7.01. The summed E-state index contributed by atoms with van der Waals surface area (Å²) in [5.74, 6) is 0. The summed E-state index contributed by atoms with van der Waals surface area (Å²) >= 11 is 0. The third-order valence-corrected chi connectivity index (χ3v) is 2.39. The first-order chi connectivity index (χ1) is 5.18. The Morgan fingerprint density at radius 1 is 1.55 bits per heavy atom. The molecule has 0 spiro atoms. The molecule has 1 atom stereocenters. The molecule has 0 heterocycles.